The number of ether oxygens (including phenoxy) is 3. The lowest BCUT2D eigenvalue weighted by Gasteiger charge is -2.43. The van der Waals surface area contributed by atoms with Crippen LogP contribution in [0, 0.1) is 0 Å². The van der Waals surface area contributed by atoms with E-state index in [1.54, 1.807) is 7.11 Å². The van der Waals surface area contributed by atoms with Crippen LogP contribution in [0.25, 0.3) is 0 Å². The topological polar surface area (TPSA) is 36.9 Å². The number of hydrogen-bond donors (Lipinski definition) is 0. The van der Waals surface area contributed by atoms with Gasteiger partial charge in [-0.3, -0.25) is 0 Å². The zero-order valence-electron chi connectivity index (χ0n) is 23.6. The van der Waals surface area contributed by atoms with Gasteiger partial charge < -0.3 is 18.6 Å². The van der Waals surface area contributed by atoms with Gasteiger partial charge in [0.1, 0.15) is 5.75 Å². The summed E-state index contributed by atoms with van der Waals surface area (Å²) in [7, 11) is -0.872. The molecule has 3 aromatic rings. The molecule has 0 N–H and O–H groups in total. The molecular weight excluding hydrogens is 615 g/mol. The third-order valence-corrected chi connectivity index (χ3v) is 13.3. The smallest absolute Gasteiger partial charge is 0.261 e. The number of rotatable bonds is 11. The van der Waals surface area contributed by atoms with Crippen molar-refractivity contribution in [2.75, 3.05) is 24.8 Å². The van der Waals surface area contributed by atoms with Gasteiger partial charge in [-0.1, -0.05) is 128 Å². The molecular formula is C33H41IO4Si. The van der Waals surface area contributed by atoms with Crippen molar-refractivity contribution in [3.8, 4) is 5.75 Å². The van der Waals surface area contributed by atoms with E-state index in [0.717, 1.165) is 28.6 Å². The highest BCUT2D eigenvalue weighted by Crippen LogP contribution is 2.37. The fourth-order valence-electron chi connectivity index (χ4n) is 5.47. The zero-order valence-corrected chi connectivity index (χ0v) is 26.7. The average molecular weight is 657 g/mol. The molecule has 1 aliphatic rings. The van der Waals surface area contributed by atoms with Gasteiger partial charge >= 0.3 is 0 Å². The standard InChI is InChI=1S/C33H41IO4Si/c1-33(2,3)39(31-11-7-5-8-12-31,32-13-9-6-10-14-32)37-20-19-27-21-29(23-34)38-30(22-27)25-36-24-26-15-17-28(35-4)18-16-26/h5-19,29-30H,20-25H2,1-4H3/b27-19-/t29-,30+/m0/s1. The van der Waals surface area contributed by atoms with Crippen LogP contribution in [0.3, 0.4) is 0 Å². The Kier molecular flexibility index (Phi) is 10.8. The third kappa shape index (κ3) is 7.61. The molecule has 0 saturated carbocycles. The van der Waals surface area contributed by atoms with Gasteiger partial charge in [-0.05, 0) is 45.9 Å². The molecule has 1 heterocycles. The van der Waals surface area contributed by atoms with E-state index in [9.17, 15) is 0 Å². The molecule has 39 heavy (non-hydrogen) atoms. The van der Waals surface area contributed by atoms with Crippen molar-refractivity contribution in [2.24, 2.45) is 0 Å². The van der Waals surface area contributed by atoms with Crippen molar-refractivity contribution in [3.05, 3.63) is 102 Å². The third-order valence-electron chi connectivity index (χ3n) is 7.36. The summed E-state index contributed by atoms with van der Waals surface area (Å²) in [5.41, 5.74) is 2.53. The quantitative estimate of drug-likeness (QED) is 0.0998. The van der Waals surface area contributed by atoms with Crippen LogP contribution in [0.5, 0.6) is 5.75 Å². The molecule has 1 fully saturated rings. The minimum absolute atomic E-state index is 0.0353. The maximum atomic E-state index is 7.11. The summed E-state index contributed by atoms with van der Waals surface area (Å²) < 4.78 is 25.7. The van der Waals surface area contributed by atoms with Crippen molar-refractivity contribution in [2.45, 2.75) is 57.5 Å². The monoisotopic (exact) mass is 656 g/mol. The van der Waals surface area contributed by atoms with E-state index in [0.29, 0.717) is 19.8 Å². The Labute approximate surface area is 249 Å². The van der Waals surface area contributed by atoms with E-state index in [2.05, 4.69) is 110 Å². The molecule has 0 bridgehead atoms. The number of methoxy groups -OCH3 is 1. The zero-order chi connectivity index (χ0) is 27.7. The molecule has 0 spiro atoms. The SMILES string of the molecule is COc1ccc(COC[C@H]2C/C(=C\CO[Si](c3ccccc3)(c3ccccc3)C(C)(C)C)C[C@@H](CI)O2)cc1. The van der Waals surface area contributed by atoms with E-state index in [-0.39, 0.29) is 17.2 Å². The Morgan fingerprint density at radius 2 is 1.46 bits per heavy atom. The highest BCUT2D eigenvalue weighted by molar-refractivity contribution is 14.1. The average Bonchev–Trinajstić information content (AvgIpc) is 2.96. The van der Waals surface area contributed by atoms with E-state index < -0.39 is 8.32 Å². The summed E-state index contributed by atoms with van der Waals surface area (Å²) in [6.45, 7) is 8.70. The highest BCUT2D eigenvalue weighted by Gasteiger charge is 2.49. The van der Waals surface area contributed by atoms with Crippen LogP contribution >= 0.6 is 22.6 Å². The second kappa shape index (κ2) is 14.1. The first-order valence-corrected chi connectivity index (χ1v) is 17.1. The highest BCUT2D eigenvalue weighted by atomic mass is 127. The summed E-state index contributed by atoms with van der Waals surface area (Å²) in [5.74, 6) is 0.856. The first-order chi connectivity index (χ1) is 18.9. The molecule has 4 rings (SSSR count). The van der Waals surface area contributed by atoms with Gasteiger partial charge in [0.25, 0.3) is 8.32 Å². The summed E-state index contributed by atoms with van der Waals surface area (Å²) in [5, 5.41) is 2.58. The Balaban J connectivity index is 1.47. The summed E-state index contributed by atoms with van der Waals surface area (Å²) >= 11 is 2.43. The fourth-order valence-corrected chi connectivity index (χ4v) is 10.5. The van der Waals surface area contributed by atoms with Gasteiger partial charge in [0.2, 0.25) is 0 Å². The van der Waals surface area contributed by atoms with E-state index in [4.69, 9.17) is 18.6 Å². The first-order valence-electron chi connectivity index (χ1n) is 13.7. The van der Waals surface area contributed by atoms with E-state index in [1.165, 1.54) is 15.9 Å². The molecule has 208 valence electrons. The molecule has 0 aliphatic carbocycles. The molecule has 0 aromatic heterocycles. The minimum Gasteiger partial charge on any atom is -0.497 e. The van der Waals surface area contributed by atoms with Gasteiger partial charge in [-0.15, -0.1) is 0 Å². The number of hydrogen-bond acceptors (Lipinski definition) is 4. The van der Waals surface area contributed by atoms with Crippen LogP contribution in [0.4, 0.5) is 0 Å². The molecule has 3 aromatic carbocycles. The van der Waals surface area contributed by atoms with Gasteiger partial charge in [0, 0.05) is 4.43 Å². The number of halogens is 1. The first kappa shape index (κ1) is 30.0. The number of alkyl halides is 1. The summed E-state index contributed by atoms with van der Waals surface area (Å²) in [6.07, 6.45) is 4.39. The van der Waals surface area contributed by atoms with Crippen LogP contribution < -0.4 is 15.1 Å². The van der Waals surface area contributed by atoms with Gasteiger partial charge in [-0.2, -0.15) is 0 Å². The Hall–Kier alpha value is -1.97. The largest absolute Gasteiger partial charge is 0.497 e. The normalized spacial score (nSPS) is 19.3. The van der Waals surface area contributed by atoms with Crippen molar-refractivity contribution < 1.29 is 18.6 Å². The maximum absolute atomic E-state index is 7.11. The maximum Gasteiger partial charge on any atom is 0.261 e. The molecule has 1 aliphatic heterocycles. The molecule has 0 radical (unpaired) electrons. The predicted octanol–water partition coefficient (Wildman–Crippen LogP) is 6.70. The van der Waals surface area contributed by atoms with Crippen molar-refractivity contribution in [3.63, 3.8) is 0 Å². The molecule has 0 unspecified atom stereocenters. The van der Waals surface area contributed by atoms with Crippen LogP contribution in [-0.4, -0.2) is 45.3 Å². The molecule has 0 amide bonds. The fraction of sp³-hybridized carbons (Fsp3) is 0.394. The van der Waals surface area contributed by atoms with E-state index >= 15 is 0 Å². The Morgan fingerprint density at radius 1 is 0.872 bits per heavy atom. The predicted molar refractivity (Wildman–Crippen MR) is 171 cm³/mol. The van der Waals surface area contributed by atoms with Gasteiger partial charge in [0.15, 0.2) is 0 Å². The van der Waals surface area contributed by atoms with Crippen molar-refractivity contribution in [1.29, 1.82) is 0 Å². The van der Waals surface area contributed by atoms with Gasteiger partial charge in [-0.25, -0.2) is 0 Å². The lowest BCUT2D eigenvalue weighted by molar-refractivity contribution is -0.0652. The van der Waals surface area contributed by atoms with Crippen LogP contribution in [0.2, 0.25) is 5.04 Å². The van der Waals surface area contributed by atoms with E-state index in [1.807, 2.05) is 24.3 Å². The molecule has 4 nitrogen and oxygen atoms in total. The van der Waals surface area contributed by atoms with Gasteiger partial charge in [0.05, 0.1) is 39.1 Å². The summed E-state index contributed by atoms with van der Waals surface area (Å²) in [4.78, 5) is 0. The minimum atomic E-state index is -2.55. The lowest BCUT2D eigenvalue weighted by atomic mass is 9.98. The van der Waals surface area contributed by atoms with Crippen LogP contribution in [-0.2, 0) is 20.5 Å². The Bertz CT molecular complexity index is 1140. The van der Waals surface area contributed by atoms with Crippen molar-refractivity contribution in [1.82, 2.24) is 0 Å². The van der Waals surface area contributed by atoms with Crippen LogP contribution in [0.1, 0.15) is 39.2 Å². The summed E-state index contributed by atoms with van der Waals surface area (Å²) in [6, 6.07) is 29.7. The molecule has 2 atom stereocenters. The number of benzene rings is 3. The van der Waals surface area contributed by atoms with Crippen LogP contribution in [0.15, 0.2) is 96.6 Å². The second-order valence-corrected chi connectivity index (χ2v) is 16.3. The van der Waals surface area contributed by atoms with Crippen molar-refractivity contribution >= 4 is 41.3 Å². The Morgan fingerprint density at radius 3 is 2.00 bits per heavy atom. The molecule has 6 heteroatoms. The lowest BCUT2D eigenvalue weighted by Crippen LogP contribution is -2.66. The molecule has 1 saturated heterocycles. The second-order valence-electron chi connectivity index (χ2n) is 11.1.